The van der Waals surface area contributed by atoms with Gasteiger partial charge in [0.05, 0.1) is 5.54 Å². The molecule has 96 valence electrons. The van der Waals surface area contributed by atoms with Crippen LogP contribution in [0.25, 0.3) is 0 Å². The van der Waals surface area contributed by atoms with Crippen LogP contribution in [-0.4, -0.2) is 28.6 Å². The number of hydrogen-bond donors (Lipinski definition) is 2. The number of allylic oxidation sites excluding steroid dienone is 1. The number of aliphatic imine (C=N–C) groups is 1. The van der Waals surface area contributed by atoms with Crippen LogP contribution >= 0.6 is 0 Å². The van der Waals surface area contributed by atoms with Crippen molar-refractivity contribution >= 4 is 6.21 Å². The lowest BCUT2D eigenvalue weighted by molar-refractivity contribution is 0.253. The Bertz CT molecular complexity index is 422. The molecule has 2 N–H and O–H groups in total. The van der Waals surface area contributed by atoms with Crippen LogP contribution in [0.15, 0.2) is 41.4 Å². The summed E-state index contributed by atoms with van der Waals surface area (Å²) in [7, 11) is 0. The maximum absolute atomic E-state index is 9.21. The second-order valence-corrected chi connectivity index (χ2v) is 4.73. The number of benzene rings is 1. The topological polar surface area (TPSA) is 52.8 Å². The summed E-state index contributed by atoms with van der Waals surface area (Å²) in [6.45, 7) is 0.168. The predicted molar refractivity (Wildman–Crippen MR) is 73.1 cm³/mol. The van der Waals surface area contributed by atoms with Crippen LogP contribution in [0.4, 0.5) is 0 Å². The van der Waals surface area contributed by atoms with Crippen molar-refractivity contribution in [2.45, 2.75) is 31.2 Å². The summed E-state index contributed by atoms with van der Waals surface area (Å²) >= 11 is 0. The van der Waals surface area contributed by atoms with E-state index in [2.05, 4.69) is 11.1 Å². The van der Waals surface area contributed by atoms with Gasteiger partial charge in [-0.25, -0.2) is 0 Å². The van der Waals surface area contributed by atoms with E-state index in [0.717, 1.165) is 19.3 Å². The van der Waals surface area contributed by atoms with Crippen LogP contribution in [0, 0.1) is 0 Å². The number of aliphatic hydroxyl groups excluding tert-OH is 1. The molecule has 0 aromatic heterocycles. The van der Waals surface area contributed by atoms with Crippen molar-refractivity contribution in [1.82, 2.24) is 0 Å². The second-order valence-electron chi connectivity index (χ2n) is 4.73. The average Bonchev–Trinajstić information content (AvgIpc) is 2.81. The molecule has 1 unspecified atom stereocenters. The summed E-state index contributed by atoms with van der Waals surface area (Å²) in [5.74, 6) is 0.304. The zero-order valence-electron chi connectivity index (χ0n) is 10.4. The molecule has 1 aliphatic heterocycles. The van der Waals surface area contributed by atoms with Gasteiger partial charge < -0.3 is 10.2 Å². The number of hydrogen-bond acceptors (Lipinski definition) is 3. The first kappa shape index (κ1) is 12.8. The Morgan fingerprint density at radius 3 is 2.50 bits per heavy atom. The van der Waals surface area contributed by atoms with E-state index in [1.165, 1.54) is 5.56 Å². The average molecular weight is 245 g/mol. The van der Waals surface area contributed by atoms with E-state index in [1.54, 1.807) is 12.1 Å². The first-order chi connectivity index (χ1) is 8.74. The van der Waals surface area contributed by atoms with E-state index >= 15 is 0 Å². The van der Waals surface area contributed by atoms with Crippen LogP contribution in [0.2, 0.25) is 0 Å². The van der Waals surface area contributed by atoms with Gasteiger partial charge in [-0.2, -0.15) is 0 Å². The molecule has 1 heterocycles. The number of nitrogens with zero attached hydrogens (tertiary/aromatic N) is 1. The van der Waals surface area contributed by atoms with E-state index in [1.807, 2.05) is 24.4 Å². The highest BCUT2D eigenvalue weighted by atomic mass is 16.3. The number of aryl methyl sites for hydroxylation is 1. The minimum absolute atomic E-state index is 0.168. The van der Waals surface area contributed by atoms with E-state index in [9.17, 15) is 5.11 Å². The zero-order chi connectivity index (χ0) is 12.8. The fourth-order valence-electron chi connectivity index (χ4n) is 2.33. The molecule has 2 rings (SSSR count). The molecule has 0 fully saturated rings. The molecule has 18 heavy (non-hydrogen) atoms. The highest BCUT2D eigenvalue weighted by Crippen LogP contribution is 2.27. The number of rotatable bonds is 6. The second kappa shape index (κ2) is 5.83. The Labute approximate surface area is 108 Å². The van der Waals surface area contributed by atoms with Crippen molar-refractivity contribution in [1.29, 1.82) is 0 Å². The van der Waals surface area contributed by atoms with Crippen LogP contribution in [-0.2, 0) is 6.42 Å². The minimum Gasteiger partial charge on any atom is -0.508 e. The van der Waals surface area contributed by atoms with Gasteiger partial charge in [-0.3, -0.25) is 4.99 Å². The molecule has 3 nitrogen and oxygen atoms in total. The third kappa shape index (κ3) is 3.20. The zero-order valence-corrected chi connectivity index (χ0v) is 10.4. The first-order valence-electron chi connectivity index (χ1n) is 6.36. The number of aromatic hydroxyl groups is 1. The van der Waals surface area contributed by atoms with Crippen LogP contribution in [0.1, 0.15) is 24.8 Å². The van der Waals surface area contributed by atoms with Gasteiger partial charge in [0.1, 0.15) is 5.75 Å². The maximum atomic E-state index is 9.21. The van der Waals surface area contributed by atoms with Gasteiger partial charge in [0.15, 0.2) is 0 Å². The normalized spacial score (nSPS) is 21.6. The summed E-state index contributed by atoms with van der Waals surface area (Å²) in [4.78, 5) is 4.47. The van der Waals surface area contributed by atoms with E-state index in [0.29, 0.717) is 12.2 Å². The number of phenols is 1. The van der Waals surface area contributed by atoms with Crippen molar-refractivity contribution in [3.8, 4) is 5.75 Å². The molecule has 1 atom stereocenters. The minimum atomic E-state index is -0.189. The molecule has 1 aromatic carbocycles. The molecule has 1 aromatic rings. The Kier molecular flexibility index (Phi) is 4.15. The van der Waals surface area contributed by atoms with Gasteiger partial charge in [-0.1, -0.05) is 18.2 Å². The monoisotopic (exact) mass is 245 g/mol. The lowest BCUT2D eigenvalue weighted by Gasteiger charge is -2.23. The smallest absolute Gasteiger partial charge is 0.115 e. The highest BCUT2D eigenvalue weighted by Gasteiger charge is 2.26. The summed E-state index contributed by atoms with van der Waals surface area (Å²) in [5, 5.41) is 18.3. The first-order valence-corrected chi connectivity index (χ1v) is 6.36. The molecule has 0 aliphatic carbocycles. The van der Waals surface area contributed by atoms with Gasteiger partial charge in [-0.15, -0.1) is 0 Å². The number of aliphatic hydroxyl groups is 1. The Morgan fingerprint density at radius 2 is 1.89 bits per heavy atom. The lowest BCUT2D eigenvalue weighted by Crippen LogP contribution is -2.23. The molecule has 3 heteroatoms. The molecule has 0 bridgehead atoms. The third-order valence-corrected chi connectivity index (χ3v) is 3.38. The highest BCUT2D eigenvalue weighted by molar-refractivity contribution is 5.75. The van der Waals surface area contributed by atoms with E-state index < -0.39 is 0 Å². The number of phenolic OH excluding ortho intramolecular Hbond substituents is 1. The Morgan fingerprint density at radius 1 is 1.11 bits per heavy atom. The van der Waals surface area contributed by atoms with Gasteiger partial charge in [0.2, 0.25) is 0 Å². The molecule has 0 amide bonds. The third-order valence-electron chi connectivity index (χ3n) is 3.38. The Hall–Kier alpha value is -1.61. The summed E-state index contributed by atoms with van der Waals surface area (Å²) in [5.41, 5.74) is 1.03. The van der Waals surface area contributed by atoms with Gasteiger partial charge >= 0.3 is 0 Å². The van der Waals surface area contributed by atoms with E-state index in [-0.39, 0.29) is 12.1 Å². The van der Waals surface area contributed by atoms with Gasteiger partial charge in [0, 0.05) is 12.8 Å². The summed E-state index contributed by atoms with van der Waals surface area (Å²) < 4.78 is 0. The van der Waals surface area contributed by atoms with Crippen molar-refractivity contribution in [3.05, 3.63) is 42.0 Å². The quantitative estimate of drug-likeness (QED) is 0.809. The SMILES string of the molecule is OCCC1(CCCc2ccc(O)cc2)C=CC=N1. The molecular weight excluding hydrogens is 226 g/mol. The molecule has 0 radical (unpaired) electrons. The van der Waals surface area contributed by atoms with Crippen molar-refractivity contribution in [2.75, 3.05) is 6.61 Å². The largest absolute Gasteiger partial charge is 0.508 e. The lowest BCUT2D eigenvalue weighted by atomic mass is 9.90. The summed E-state index contributed by atoms with van der Waals surface area (Å²) in [6.07, 6.45) is 9.48. The van der Waals surface area contributed by atoms with Crippen LogP contribution in [0.5, 0.6) is 5.75 Å². The van der Waals surface area contributed by atoms with E-state index in [4.69, 9.17) is 5.11 Å². The maximum Gasteiger partial charge on any atom is 0.115 e. The molecule has 0 saturated carbocycles. The van der Waals surface area contributed by atoms with Crippen LogP contribution < -0.4 is 0 Å². The fraction of sp³-hybridized carbons (Fsp3) is 0.400. The van der Waals surface area contributed by atoms with Crippen molar-refractivity contribution < 1.29 is 10.2 Å². The molecule has 1 aliphatic rings. The summed E-state index contributed by atoms with van der Waals surface area (Å²) in [6, 6.07) is 7.32. The molecular formula is C15H19NO2. The van der Waals surface area contributed by atoms with Crippen molar-refractivity contribution in [3.63, 3.8) is 0 Å². The molecule has 0 saturated heterocycles. The van der Waals surface area contributed by atoms with Crippen molar-refractivity contribution in [2.24, 2.45) is 4.99 Å². The predicted octanol–water partition coefficient (Wildman–Crippen LogP) is 2.48. The standard InChI is InChI=1S/C15H19NO2/c17-12-10-15(9-2-11-16-15)8-1-3-13-4-6-14(18)7-5-13/h2,4-7,9,11,17-18H,1,3,8,10,12H2. The fourth-order valence-corrected chi connectivity index (χ4v) is 2.33. The van der Waals surface area contributed by atoms with Gasteiger partial charge in [0.25, 0.3) is 0 Å². The Balaban J connectivity index is 1.86. The molecule has 0 spiro atoms. The van der Waals surface area contributed by atoms with Gasteiger partial charge in [-0.05, 0) is 49.5 Å². The van der Waals surface area contributed by atoms with Crippen LogP contribution in [0.3, 0.4) is 0 Å².